The van der Waals surface area contributed by atoms with E-state index in [9.17, 15) is 14.7 Å². The van der Waals surface area contributed by atoms with Crippen LogP contribution in [0.5, 0.6) is 5.75 Å². The third kappa shape index (κ3) is 6.28. The van der Waals surface area contributed by atoms with Gasteiger partial charge < -0.3 is 9.84 Å². The Morgan fingerprint density at radius 3 is 2.25 bits per heavy atom. The van der Waals surface area contributed by atoms with E-state index in [1.54, 1.807) is 4.90 Å². The van der Waals surface area contributed by atoms with Crippen molar-refractivity contribution in [1.82, 2.24) is 9.80 Å². The van der Waals surface area contributed by atoms with E-state index in [0.29, 0.717) is 18.8 Å². The van der Waals surface area contributed by atoms with Gasteiger partial charge in [-0.05, 0) is 103 Å². The van der Waals surface area contributed by atoms with Crippen LogP contribution in [0.2, 0.25) is 0 Å². The average molecular weight is 645 g/mol. The lowest BCUT2D eigenvalue weighted by molar-refractivity contribution is -0.144. The first-order valence-corrected chi connectivity index (χ1v) is 17.8. The maximum Gasteiger partial charge on any atom is 0.234 e. The molecule has 7 rings (SSSR count). The summed E-state index contributed by atoms with van der Waals surface area (Å²) in [7, 11) is 0. The quantitative estimate of drug-likeness (QED) is 0.147. The molecule has 0 aromatic heterocycles. The Bertz CT molecular complexity index is 1700. The second-order valence-corrected chi connectivity index (χ2v) is 14.3. The maximum absolute atomic E-state index is 14.2. The van der Waals surface area contributed by atoms with Crippen LogP contribution in [-0.4, -0.2) is 58.6 Å². The predicted molar refractivity (Wildman–Crippen MR) is 190 cm³/mol. The normalized spacial score (nSPS) is 25.1. The number of aryl methyl sites for hydroxylation is 2. The first kappa shape index (κ1) is 32.5. The number of phenols is 1. The molecule has 1 aliphatic carbocycles. The van der Waals surface area contributed by atoms with Crippen molar-refractivity contribution in [3.05, 3.63) is 112 Å². The number of imide groups is 1. The molecule has 3 heterocycles. The van der Waals surface area contributed by atoms with Gasteiger partial charge in [-0.1, -0.05) is 79.2 Å². The summed E-state index contributed by atoms with van der Waals surface area (Å²) in [6.07, 6.45) is 7.03. The highest BCUT2D eigenvalue weighted by atomic mass is 16.5. The largest absolute Gasteiger partial charge is 0.507 e. The van der Waals surface area contributed by atoms with Gasteiger partial charge in [0.05, 0.1) is 24.5 Å². The summed E-state index contributed by atoms with van der Waals surface area (Å²) >= 11 is 0. The fourth-order valence-electron chi connectivity index (χ4n) is 8.89. The standard InChI is InChI=1S/C42H48N2O4/c1-4-31-24-35-39(42(47)44(41(35)46)34-17-19-43(20-18-34)25-29-11-7-5-8-12-29)36-26-48-37(38(31)36)16-15-33(32-13-9-6-10-14-32)23-30-21-27(2)40(45)28(3)22-30/h5-14,21-23,34-37,39,45H,4,15-20,24-26H2,1-3H3/b33-23-/t35-,36+,37-,39-/m1/s1. The Labute approximate surface area is 285 Å². The molecule has 3 saturated heterocycles. The highest BCUT2D eigenvalue weighted by molar-refractivity contribution is 6.06. The number of nitrogens with zero attached hydrogens (tertiary/aromatic N) is 2. The Morgan fingerprint density at radius 2 is 1.58 bits per heavy atom. The van der Waals surface area contributed by atoms with Gasteiger partial charge in [-0.25, -0.2) is 0 Å². The number of carbonyl (C=O) groups is 2. The molecule has 3 aromatic rings. The predicted octanol–water partition coefficient (Wildman–Crippen LogP) is 7.72. The van der Waals surface area contributed by atoms with Crippen LogP contribution in [-0.2, 0) is 20.9 Å². The molecular formula is C42H48N2O4. The van der Waals surface area contributed by atoms with Crippen molar-refractivity contribution in [1.29, 1.82) is 0 Å². The third-order valence-electron chi connectivity index (χ3n) is 11.3. The average Bonchev–Trinajstić information content (AvgIpc) is 3.64. The van der Waals surface area contributed by atoms with Gasteiger partial charge in [0.25, 0.3) is 0 Å². The van der Waals surface area contributed by atoms with E-state index in [2.05, 4.69) is 66.4 Å². The zero-order chi connectivity index (χ0) is 33.4. The number of aromatic hydroxyl groups is 1. The van der Waals surface area contributed by atoms with Crippen LogP contribution in [0.25, 0.3) is 11.6 Å². The first-order valence-electron chi connectivity index (χ1n) is 17.8. The molecule has 250 valence electrons. The minimum atomic E-state index is -0.303. The molecular weight excluding hydrogens is 596 g/mol. The molecule has 6 nitrogen and oxygen atoms in total. The van der Waals surface area contributed by atoms with Crippen molar-refractivity contribution in [2.24, 2.45) is 17.8 Å². The van der Waals surface area contributed by atoms with E-state index in [4.69, 9.17) is 4.74 Å². The lowest BCUT2D eigenvalue weighted by atomic mass is 9.69. The number of fused-ring (bicyclic) bond motifs is 3. The smallest absolute Gasteiger partial charge is 0.234 e. The van der Waals surface area contributed by atoms with E-state index < -0.39 is 0 Å². The molecule has 0 saturated carbocycles. The van der Waals surface area contributed by atoms with Crippen LogP contribution in [0.15, 0.2) is 83.9 Å². The van der Waals surface area contributed by atoms with Crippen molar-refractivity contribution in [2.45, 2.75) is 78.0 Å². The molecule has 4 atom stereocenters. The van der Waals surface area contributed by atoms with Gasteiger partial charge in [-0.3, -0.25) is 19.4 Å². The molecule has 4 aliphatic rings. The fourth-order valence-corrected chi connectivity index (χ4v) is 8.89. The minimum Gasteiger partial charge on any atom is -0.507 e. The van der Waals surface area contributed by atoms with E-state index in [1.807, 2.05) is 38.1 Å². The third-order valence-corrected chi connectivity index (χ3v) is 11.3. The van der Waals surface area contributed by atoms with Crippen molar-refractivity contribution in [3.8, 4) is 5.75 Å². The molecule has 0 spiro atoms. The fraction of sp³-hybridized carbons (Fsp3) is 0.429. The highest BCUT2D eigenvalue weighted by Gasteiger charge is 2.58. The molecule has 3 aromatic carbocycles. The summed E-state index contributed by atoms with van der Waals surface area (Å²) in [6.45, 7) is 9.26. The summed E-state index contributed by atoms with van der Waals surface area (Å²) in [4.78, 5) is 32.3. The summed E-state index contributed by atoms with van der Waals surface area (Å²) in [5.74, 6) is -0.144. The zero-order valence-corrected chi connectivity index (χ0v) is 28.5. The van der Waals surface area contributed by atoms with Crippen molar-refractivity contribution < 1.29 is 19.4 Å². The molecule has 2 amide bonds. The van der Waals surface area contributed by atoms with Gasteiger partial charge in [-0.2, -0.15) is 0 Å². The minimum absolute atomic E-state index is 0.0139. The second kappa shape index (κ2) is 13.9. The Kier molecular flexibility index (Phi) is 9.39. The van der Waals surface area contributed by atoms with Crippen LogP contribution in [0, 0.1) is 31.6 Å². The number of benzene rings is 3. The van der Waals surface area contributed by atoms with E-state index in [-0.39, 0.29) is 41.7 Å². The Hall–Kier alpha value is -4.00. The number of rotatable bonds is 9. The SMILES string of the molecule is CCC1=C2[C@@H](CC/C(=C/c3cc(C)c(O)c(C)c3)c3ccccc3)OC[C@@H]2[C@@H]2C(=O)N(C3CCN(Cc4ccccc4)CC3)C(=O)[C@@H]2C1. The number of hydrogen-bond donors (Lipinski definition) is 1. The number of piperidine rings is 1. The first-order chi connectivity index (χ1) is 23.3. The molecule has 3 aliphatic heterocycles. The van der Waals surface area contributed by atoms with Crippen LogP contribution < -0.4 is 0 Å². The van der Waals surface area contributed by atoms with E-state index >= 15 is 0 Å². The van der Waals surface area contributed by atoms with Crippen LogP contribution in [0.4, 0.5) is 0 Å². The van der Waals surface area contributed by atoms with Crippen LogP contribution in [0.3, 0.4) is 0 Å². The van der Waals surface area contributed by atoms with Gasteiger partial charge in [0, 0.05) is 31.6 Å². The van der Waals surface area contributed by atoms with E-state index in [1.165, 1.54) is 27.8 Å². The van der Waals surface area contributed by atoms with Gasteiger partial charge in [0.1, 0.15) is 5.75 Å². The summed E-state index contributed by atoms with van der Waals surface area (Å²) in [6, 6.07) is 25.0. The molecule has 3 fully saturated rings. The molecule has 6 heteroatoms. The summed E-state index contributed by atoms with van der Waals surface area (Å²) < 4.78 is 6.56. The van der Waals surface area contributed by atoms with Crippen LogP contribution in [0.1, 0.15) is 73.3 Å². The van der Waals surface area contributed by atoms with Crippen molar-refractivity contribution >= 4 is 23.5 Å². The molecule has 0 bridgehead atoms. The summed E-state index contributed by atoms with van der Waals surface area (Å²) in [5.41, 5.74) is 9.11. The maximum atomic E-state index is 14.2. The molecule has 0 radical (unpaired) electrons. The lowest BCUT2D eigenvalue weighted by Crippen LogP contribution is -2.47. The van der Waals surface area contributed by atoms with Crippen LogP contribution >= 0.6 is 0 Å². The van der Waals surface area contributed by atoms with E-state index in [0.717, 1.165) is 68.4 Å². The number of hydrogen-bond acceptors (Lipinski definition) is 5. The number of carbonyl (C=O) groups excluding carboxylic acids is 2. The number of phenolic OH excluding ortho intramolecular Hbond substituents is 1. The number of amides is 2. The highest BCUT2D eigenvalue weighted by Crippen LogP contribution is 2.51. The molecule has 48 heavy (non-hydrogen) atoms. The van der Waals surface area contributed by atoms with Crippen molar-refractivity contribution in [3.63, 3.8) is 0 Å². The lowest BCUT2D eigenvalue weighted by Gasteiger charge is -2.36. The number of allylic oxidation sites excluding steroid dienone is 2. The monoisotopic (exact) mass is 644 g/mol. The molecule has 1 N–H and O–H groups in total. The zero-order valence-electron chi connectivity index (χ0n) is 28.5. The van der Waals surface area contributed by atoms with Gasteiger partial charge in [0.2, 0.25) is 11.8 Å². The van der Waals surface area contributed by atoms with Gasteiger partial charge >= 0.3 is 0 Å². The number of ether oxygens (including phenoxy) is 1. The number of likely N-dealkylation sites (tertiary alicyclic amines) is 2. The van der Waals surface area contributed by atoms with Gasteiger partial charge in [0.15, 0.2) is 0 Å². The summed E-state index contributed by atoms with van der Waals surface area (Å²) in [5, 5.41) is 10.3. The Morgan fingerprint density at radius 1 is 0.917 bits per heavy atom. The van der Waals surface area contributed by atoms with Gasteiger partial charge in [-0.15, -0.1) is 0 Å². The Balaban J connectivity index is 1.07. The molecule has 0 unspecified atom stereocenters. The topological polar surface area (TPSA) is 70.1 Å². The second-order valence-electron chi connectivity index (χ2n) is 14.3. The van der Waals surface area contributed by atoms with Crippen molar-refractivity contribution in [2.75, 3.05) is 19.7 Å².